The van der Waals surface area contributed by atoms with Gasteiger partial charge in [-0.25, -0.2) is 4.98 Å². The zero-order valence-corrected chi connectivity index (χ0v) is 8.91. The molecule has 0 saturated heterocycles. The average molecular weight is 226 g/mol. The molecule has 0 atom stereocenters. The molecule has 17 heavy (non-hydrogen) atoms. The van der Waals surface area contributed by atoms with Gasteiger partial charge in [0.25, 0.3) is 0 Å². The molecule has 0 fully saturated rings. The summed E-state index contributed by atoms with van der Waals surface area (Å²) in [5.74, 6) is 0.773. The number of phenols is 1. The predicted octanol–water partition coefficient (Wildman–Crippen LogP) is 1.68. The minimum Gasteiger partial charge on any atom is -0.508 e. The van der Waals surface area contributed by atoms with Gasteiger partial charge >= 0.3 is 0 Å². The number of aromatic hydroxyl groups is 1. The van der Waals surface area contributed by atoms with E-state index in [0.29, 0.717) is 11.5 Å². The van der Waals surface area contributed by atoms with Crippen molar-refractivity contribution in [1.82, 2.24) is 14.6 Å². The van der Waals surface area contributed by atoms with E-state index in [4.69, 9.17) is 5.73 Å². The van der Waals surface area contributed by atoms with E-state index in [-0.39, 0.29) is 5.75 Å². The largest absolute Gasteiger partial charge is 0.508 e. The van der Waals surface area contributed by atoms with Gasteiger partial charge in [0.05, 0.1) is 5.69 Å². The molecule has 0 spiro atoms. The number of phenolic OH excluding ortho intramolecular Hbond substituents is 1. The number of aromatic nitrogens is 3. The lowest BCUT2D eigenvalue weighted by Crippen LogP contribution is -1.98. The van der Waals surface area contributed by atoms with Crippen LogP contribution in [0.25, 0.3) is 16.9 Å². The molecule has 0 aliphatic heterocycles. The molecule has 0 aliphatic rings. The Labute approximate surface area is 97.1 Å². The van der Waals surface area contributed by atoms with Gasteiger partial charge in [0.2, 0.25) is 0 Å². The molecule has 3 rings (SSSR count). The van der Waals surface area contributed by atoms with Crippen molar-refractivity contribution in [1.29, 1.82) is 0 Å². The quantitative estimate of drug-likeness (QED) is 0.662. The zero-order chi connectivity index (χ0) is 11.8. The summed E-state index contributed by atoms with van der Waals surface area (Å²) >= 11 is 0. The minimum absolute atomic E-state index is 0.232. The number of hydrogen-bond acceptors (Lipinski definition) is 4. The van der Waals surface area contributed by atoms with Crippen molar-refractivity contribution in [2.24, 2.45) is 0 Å². The van der Waals surface area contributed by atoms with E-state index >= 15 is 0 Å². The number of benzene rings is 1. The van der Waals surface area contributed by atoms with Crippen molar-refractivity contribution in [2.45, 2.75) is 0 Å². The van der Waals surface area contributed by atoms with Crippen molar-refractivity contribution in [3.63, 3.8) is 0 Å². The Bertz CT molecular complexity index is 673. The molecule has 3 N–H and O–H groups in total. The molecule has 5 heteroatoms. The average Bonchev–Trinajstić information content (AvgIpc) is 2.75. The first-order chi connectivity index (χ1) is 8.24. The molecule has 5 nitrogen and oxygen atoms in total. The summed E-state index contributed by atoms with van der Waals surface area (Å²) in [6, 6.07) is 10.4. The van der Waals surface area contributed by atoms with Gasteiger partial charge in [-0.05, 0) is 30.3 Å². The van der Waals surface area contributed by atoms with E-state index in [1.165, 1.54) is 0 Å². The molecular formula is C12H10N4O. The van der Waals surface area contributed by atoms with Crippen LogP contribution in [0.4, 0.5) is 5.82 Å². The van der Waals surface area contributed by atoms with Gasteiger partial charge in [-0.1, -0.05) is 0 Å². The van der Waals surface area contributed by atoms with E-state index in [2.05, 4.69) is 10.1 Å². The monoisotopic (exact) mass is 226 g/mol. The number of nitrogens with zero attached hydrogens (tertiary/aromatic N) is 3. The third kappa shape index (κ3) is 1.57. The third-order valence-electron chi connectivity index (χ3n) is 2.55. The molecule has 0 unspecified atom stereocenters. The standard InChI is InChI=1S/C12H10N4O/c13-11-5-6-14-12-7-10(15-16(11)12)8-1-3-9(17)4-2-8/h1-7,17H,13H2. The number of nitrogens with two attached hydrogens (primary N) is 1. The summed E-state index contributed by atoms with van der Waals surface area (Å²) < 4.78 is 1.59. The third-order valence-corrected chi connectivity index (χ3v) is 2.55. The van der Waals surface area contributed by atoms with Gasteiger partial charge in [-0.2, -0.15) is 9.61 Å². The van der Waals surface area contributed by atoms with Crippen molar-refractivity contribution < 1.29 is 5.11 Å². The Morgan fingerprint density at radius 1 is 1.12 bits per heavy atom. The van der Waals surface area contributed by atoms with Gasteiger partial charge in [0.15, 0.2) is 5.65 Å². The van der Waals surface area contributed by atoms with E-state index in [9.17, 15) is 5.11 Å². The van der Waals surface area contributed by atoms with Crippen LogP contribution in [0.1, 0.15) is 0 Å². The van der Waals surface area contributed by atoms with Crippen LogP contribution >= 0.6 is 0 Å². The highest BCUT2D eigenvalue weighted by atomic mass is 16.3. The summed E-state index contributed by atoms with van der Waals surface area (Å²) in [5.41, 5.74) is 8.18. The van der Waals surface area contributed by atoms with Crippen molar-refractivity contribution >= 4 is 11.5 Å². The molecule has 0 radical (unpaired) electrons. The highest BCUT2D eigenvalue weighted by molar-refractivity contribution is 5.65. The lowest BCUT2D eigenvalue weighted by molar-refractivity contribution is 0.475. The van der Waals surface area contributed by atoms with Crippen molar-refractivity contribution in [3.05, 3.63) is 42.6 Å². The second-order valence-corrected chi connectivity index (χ2v) is 3.72. The molecule has 0 amide bonds. The zero-order valence-electron chi connectivity index (χ0n) is 8.91. The first-order valence-electron chi connectivity index (χ1n) is 5.14. The van der Waals surface area contributed by atoms with Gasteiger partial charge in [0, 0.05) is 17.8 Å². The van der Waals surface area contributed by atoms with Crippen molar-refractivity contribution in [2.75, 3.05) is 5.73 Å². The molecule has 2 aromatic heterocycles. The normalized spacial score (nSPS) is 10.8. The highest BCUT2D eigenvalue weighted by Gasteiger charge is 2.06. The molecule has 0 saturated carbocycles. The summed E-state index contributed by atoms with van der Waals surface area (Å²) in [6.07, 6.45) is 1.65. The summed E-state index contributed by atoms with van der Waals surface area (Å²) in [7, 11) is 0. The van der Waals surface area contributed by atoms with Crippen LogP contribution in [0.2, 0.25) is 0 Å². The molecule has 84 valence electrons. The Morgan fingerprint density at radius 2 is 1.88 bits per heavy atom. The topological polar surface area (TPSA) is 76.4 Å². The van der Waals surface area contributed by atoms with E-state index < -0.39 is 0 Å². The maximum Gasteiger partial charge on any atom is 0.157 e. The number of hydrogen-bond donors (Lipinski definition) is 2. The Morgan fingerprint density at radius 3 is 2.59 bits per heavy atom. The first-order valence-corrected chi connectivity index (χ1v) is 5.14. The minimum atomic E-state index is 0.232. The maximum atomic E-state index is 9.23. The lowest BCUT2D eigenvalue weighted by Gasteiger charge is -1.96. The first kappa shape index (κ1) is 9.65. The predicted molar refractivity (Wildman–Crippen MR) is 64.5 cm³/mol. The molecule has 0 bridgehead atoms. The number of anilines is 1. The molecular weight excluding hydrogens is 216 g/mol. The Balaban J connectivity index is 2.18. The molecule has 1 aromatic carbocycles. The summed E-state index contributed by atoms with van der Waals surface area (Å²) in [6.45, 7) is 0. The Kier molecular flexibility index (Phi) is 1.98. The summed E-state index contributed by atoms with van der Waals surface area (Å²) in [5, 5.41) is 13.6. The van der Waals surface area contributed by atoms with Gasteiger partial charge in [-0.15, -0.1) is 0 Å². The van der Waals surface area contributed by atoms with Gasteiger partial charge in [0.1, 0.15) is 11.6 Å². The summed E-state index contributed by atoms with van der Waals surface area (Å²) in [4.78, 5) is 4.18. The maximum absolute atomic E-state index is 9.23. The number of rotatable bonds is 1. The molecule has 0 aliphatic carbocycles. The van der Waals surface area contributed by atoms with Crippen LogP contribution in [-0.4, -0.2) is 19.7 Å². The van der Waals surface area contributed by atoms with Crippen LogP contribution in [0.3, 0.4) is 0 Å². The molecule has 2 heterocycles. The fourth-order valence-corrected chi connectivity index (χ4v) is 1.69. The highest BCUT2D eigenvalue weighted by Crippen LogP contribution is 2.22. The van der Waals surface area contributed by atoms with Crippen LogP contribution in [0.5, 0.6) is 5.75 Å². The van der Waals surface area contributed by atoms with E-state index in [1.807, 2.05) is 6.07 Å². The lowest BCUT2D eigenvalue weighted by atomic mass is 10.1. The number of fused-ring (bicyclic) bond motifs is 1. The van der Waals surface area contributed by atoms with Crippen LogP contribution < -0.4 is 5.73 Å². The van der Waals surface area contributed by atoms with Crippen molar-refractivity contribution in [3.8, 4) is 17.0 Å². The van der Waals surface area contributed by atoms with Crippen LogP contribution in [0.15, 0.2) is 42.6 Å². The number of nitrogen functional groups attached to an aromatic ring is 1. The van der Waals surface area contributed by atoms with E-state index in [0.717, 1.165) is 11.3 Å². The fourth-order valence-electron chi connectivity index (χ4n) is 1.69. The SMILES string of the molecule is Nc1ccnc2cc(-c3ccc(O)cc3)nn12. The second kappa shape index (κ2) is 3.48. The van der Waals surface area contributed by atoms with Crippen LogP contribution in [-0.2, 0) is 0 Å². The smallest absolute Gasteiger partial charge is 0.157 e. The van der Waals surface area contributed by atoms with E-state index in [1.54, 1.807) is 41.0 Å². The fraction of sp³-hybridized carbons (Fsp3) is 0. The second-order valence-electron chi connectivity index (χ2n) is 3.72. The van der Waals surface area contributed by atoms with Gasteiger partial charge in [-0.3, -0.25) is 0 Å². The van der Waals surface area contributed by atoms with Crippen LogP contribution in [0, 0.1) is 0 Å². The van der Waals surface area contributed by atoms with Gasteiger partial charge < -0.3 is 10.8 Å². The molecule has 3 aromatic rings. The Hall–Kier alpha value is -2.56.